The van der Waals surface area contributed by atoms with Crippen LogP contribution in [-0.4, -0.2) is 32.4 Å². The number of nitrogens with one attached hydrogen (secondary N) is 1. The monoisotopic (exact) mass is 333 g/mol. The predicted molar refractivity (Wildman–Crippen MR) is 81.4 cm³/mol. The van der Waals surface area contributed by atoms with E-state index in [1.54, 1.807) is 0 Å². The number of hydrogen-bond donors (Lipinski definition) is 2. The number of sulfonamides is 1. The van der Waals surface area contributed by atoms with Gasteiger partial charge in [-0.15, -0.1) is 0 Å². The van der Waals surface area contributed by atoms with Crippen molar-refractivity contribution in [2.45, 2.75) is 27.2 Å². The van der Waals surface area contributed by atoms with Crippen LogP contribution in [0.25, 0.3) is 0 Å². The van der Waals surface area contributed by atoms with E-state index < -0.39 is 27.4 Å². The smallest absolute Gasteiger partial charge is 0.338 e. The van der Waals surface area contributed by atoms with Crippen molar-refractivity contribution in [1.82, 2.24) is 0 Å². The number of anilines is 1. The van der Waals surface area contributed by atoms with Crippen molar-refractivity contribution in [2.24, 2.45) is 5.41 Å². The summed E-state index contributed by atoms with van der Waals surface area (Å²) in [5, 5.41) is 8.90. The van der Waals surface area contributed by atoms with Gasteiger partial charge in [0.2, 0.25) is 10.0 Å². The molecular formula is C14H20FNO5S. The van der Waals surface area contributed by atoms with Crippen molar-refractivity contribution in [1.29, 1.82) is 0 Å². The molecule has 2 N–H and O–H groups in total. The van der Waals surface area contributed by atoms with Crippen molar-refractivity contribution in [3.63, 3.8) is 0 Å². The summed E-state index contributed by atoms with van der Waals surface area (Å²) in [4.78, 5) is 10.9. The molecule has 0 atom stereocenters. The Labute approximate surface area is 129 Å². The molecule has 0 amide bonds. The van der Waals surface area contributed by atoms with Crippen LogP contribution in [0.2, 0.25) is 0 Å². The molecule has 0 aliphatic carbocycles. The van der Waals surface area contributed by atoms with Crippen molar-refractivity contribution in [3.8, 4) is 5.75 Å². The molecule has 0 aliphatic heterocycles. The van der Waals surface area contributed by atoms with Crippen LogP contribution in [-0.2, 0) is 10.0 Å². The number of aromatic carboxylic acids is 1. The first-order valence-electron chi connectivity index (χ1n) is 6.56. The second-order valence-electron chi connectivity index (χ2n) is 6.07. The summed E-state index contributed by atoms with van der Waals surface area (Å²) in [7, 11) is -2.46. The number of carbonyl (C=O) groups is 1. The van der Waals surface area contributed by atoms with Gasteiger partial charge in [-0.1, -0.05) is 20.8 Å². The van der Waals surface area contributed by atoms with Gasteiger partial charge in [0.15, 0.2) is 0 Å². The molecule has 1 aromatic carbocycles. The van der Waals surface area contributed by atoms with Gasteiger partial charge < -0.3 is 9.84 Å². The van der Waals surface area contributed by atoms with Gasteiger partial charge in [0.05, 0.1) is 24.1 Å². The molecular weight excluding hydrogens is 313 g/mol. The molecule has 0 heterocycles. The summed E-state index contributed by atoms with van der Waals surface area (Å²) >= 11 is 0. The minimum absolute atomic E-state index is 0.0816. The Morgan fingerprint density at radius 2 is 1.95 bits per heavy atom. The molecule has 1 rings (SSSR count). The van der Waals surface area contributed by atoms with E-state index in [4.69, 9.17) is 9.84 Å². The van der Waals surface area contributed by atoms with Gasteiger partial charge in [0.1, 0.15) is 11.6 Å². The Hall–Kier alpha value is -1.83. The number of rotatable bonds is 6. The lowest BCUT2D eigenvalue weighted by atomic mass is 9.94. The lowest BCUT2D eigenvalue weighted by molar-refractivity contribution is 0.0692. The quantitative estimate of drug-likeness (QED) is 0.835. The number of methoxy groups -OCH3 is 1. The first-order valence-corrected chi connectivity index (χ1v) is 8.22. The highest BCUT2D eigenvalue weighted by molar-refractivity contribution is 7.92. The minimum Gasteiger partial charge on any atom is -0.494 e. The molecule has 124 valence electrons. The van der Waals surface area contributed by atoms with Crippen LogP contribution in [0.3, 0.4) is 0 Å². The van der Waals surface area contributed by atoms with E-state index in [0.29, 0.717) is 6.42 Å². The van der Waals surface area contributed by atoms with Crippen LogP contribution in [0.1, 0.15) is 37.6 Å². The third-order valence-electron chi connectivity index (χ3n) is 2.91. The molecule has 0 unspecified atom stereocenters. The van der Waals surface area contributed by atoms with Crippen LogP contribution < -0.4 is 9.46 Å². The summed E-state index contributed by atoms with van der Waals surface area (Å²) < 4.78 is 44.9. The molecule has 1 aromatic rings. The van der Waals surface area contributed by atoms with Gasteiger partial charge in [-0.05, 0) is 17.9 Å². The number of carboxylic acids is 1. The van der Waals surface area contributed by atoms with E-state index in [2.05, 4.69) is 4.72 Å². The maximum atomic E-state index is 13.6. The second-order valence-corrected chi connectivity index (χ2v) is 7.91. The van der Waals surface area contributed by atoms with E-state index in [1.165, 1.54) is 7.11 Å². The molecule has 0 spiro atoms. The van der Waals surface area contributed by atoms with Crippen LogP contribution in [0.5, 0.6) is 5.75 Å². The average molecular weight is 333 g/mol. The van der Waals surface area contributed by atoms with Crippen LogP contribution in [0.4, 0.5) is 10.1 Å². The molecule has 0 aliphatic rings. The van der Waals surface area contributed by atoms with E-state index in [9.17, 15) is 17.6 Å². The van der Waals surface area contributed by atoms with E-state index in [-0.39, 0.29) is 22.6 Å². The van der Waals surface area contributed by atoms with Crippen LogP contribution >= 0.6 is 0 Å². The molecule has 8 heteroatoms. The zero-order valence-electron chi connectivity index (χ0n) is 12.9. The fraction of sp³-hybridized carbons (Fsp3) is 0.500. The molecule has 0 saturated heterocycles. The minimum atomic E-state index is -3.70. The Morgan fingerprint density at radius 3 is 2.41 bits per heavy atom. The van der Waals surface area contributed by atoms with Crippen molar-refractivity contribution in [2.75, 3.05) is 17.6 Å². The van der Waals surface area contributed by atoms with E-state index >= 15 is 0 Å². The SMILES string of the molecule is COc1cc(F)c(C(=O)O)cc1NS(=O)(=O)CCC(C)(C)C. The van der Waals surface area contributed by atoms with Gasteiger partial charge in [0.25, 0.3) is 0 Å². The molecule has 22 heavy (non-hydrogen) atoms. The summed E-state index contributed by atoms with van der Waals surface area (Å²) in [6.45, 7) is 5.72. The fourth-order valence-corrected chi connectivity index (χ4v) is 3.10. The molecule has 0 saturated carbocycles. The first-order chi connectivity index (χ1) is 9.95. The maximum absolute atomic E-state index is 13.6. The fourth-order valence-electron chi connectivity index (χ4n) is 1.63. The zero-order chi connectivity index (χ0) is 17.1. The molecule has 0 aromatic heterocycles. The number of benzene rings is 1. The molecule has 0 bridgehead atoms. The van der Waals surface area contributed by atoms with Crippen LogP contribution in [0, 0.1) is 11.2 Å². The van der Waals surface area contributed by atoms with Crippen molar-refractivity contribution in [3.05, 3.63) is 23.5 Å². The predicted octanol–water partition coefficient (Wildman–Crippen LogP) is 2.71. The maximum Gasteiger partial charge on any atom is 0.338 e. The molecule has 0 fully saturated rings. The zero-order valence-corrected chi connectivity index (χ0v) is 13.8. The third kappa shape index (κ3) is 5.18. The lowest BCUT2D eigenvalue weighted by Crippen LogP contribution is -2.21. The lowest BCUT2D eigenvalue weighted by Gasteiger charge is -2.19. The Bertz CT molecular complexity index is 665. The largest absolute Gasteiger partial charge is 0.494 e. The van der Waals surface area contributed by atoms with Crippen LogP contribution in [0.15, 0.2) is 12.1 Å². The van der Waals surface area contributed by atoms with Gasteiger partial charge >= 0.3 is 5.97 Å². The highest BCUT2D eigenvalue weighted by Crippen LogP contribution is 2.29. The van der Waals surface area contributed by atoms with Crippen molar-refractivity contribution >= 4 is 21.7 Å². The normalized spacial score (nSPS) is 12.0. The summed E-state index contributed by atoms with van der Waals surface area (Å²) in [6, 6.07) is 1.75. The van der Waals surface area contributed by atoms with Crippen molar-refractivity contribution < 1.29 is 27.4 Å². The topological polar surface area (TPSA) is 92.7 Å². The summed E-state index contributed by atoms with van der Waals surface area (Å²) in [5.41, 5.74) is -0.905. The van der Waals surface area contributed by atoms with Gasteiger partial charge in [-0.2, -0.15) is 0 Å². The first kappa shape index (κ1) is 18.2. The Kier molecular flexibility index (Phi) is 5.39. The number of hydrogen-bond acceptors (Lipinski definition) is 4. The van der Waals surface area contributed by atoms with E-state index in [1.807, 2.05) is 20.8 Å². The Balaban J connectivity index is 3.10. The third-order valence-corrected chi connectivity index (χ3v) is 4.18. The summed E-state index contributed by atoms with van der Waals surface area (Å²) in [5.74, 6) is -2.71. The Morgan fingerprint density at radius 1 is 1.36 bits per heavy atom. The number of halogens is 1. The number of ether oxygens (including phenoxy) is 1. The highest BCUT2D eigenvalue weighted by atomic mass is 32.2. The second kappa shape index (κ2) is 6.51. The van der Waals surface area contributed by atoms with Gasteiger partial charge in [-0.25, -0.2) is 17.6 Å². The molecule has 0 radical (unpaired) electrons. The highest BCUT2D eigenvalue weighted by Gasteiger charge is 2.21. The number of carboxylic acid groups (broad SMARTS) is 1. The summed E-state index contributed by atoms with van der Waals surface area (Å²) in [6.07, 6.45) is 0.414. The standard InChI is InChI=1S/C14H20FNO5S/c1-14(2,3)5-6-22(19,20)16-11-7-9(13(17)18)10(15)8-12(11)21-4/h7-8,16H,5-6H2,1-4H3,(H,17,18). The molecule has 6 nitrogen and oxygen atoms in total. The van der Waals surface area contributed by atoms with E-state index in [0.717, 1.165) is 12.1 Å². The average Bonchev–Trinajstić information content (AvgIpc) is 2.37. The van der Waals surface area contributed by atoms with Gasteiger partial charge in [0, 0.05) is 6.07 Å². The van der Waals surface area contributed by atoms with Gasteiger partial charge in [-0.3, -0.25) is 4.72 Å².